The van der Waals surface area contributed by atoms with E-state index in [0.29, 0.717) is 5.82 Å². The minimum atomic E-state index is -0.111. The first-order valence-electron chi connectivity index (χ1n) is 7.11. The van der Waals surface area contributed by atoms with Crippen molar-refractivity contribution in [3.8, 4) is 0 Å². The smallest absolute Gasteiger partial charge is 0.226 e. The molecule has 0 radical (unpaired) electrons. The molecule has 1 saturated heterocycles. The molecule has 2 N–H and O–H groups in total. The van der Waals surface area contributed by atoms with Crippen molar-refractivity contribution < 1.29 is 4.52 Å². The van der Waals surface area contributed by atoms with Crippen LogP contribution in [0.25, 0.3) is 0 Å². The van der Waals surface area contributed by atoms with Gasteiger partial charge in [-0.25, -0.2) is 0 Å². The number of likely N-dealkylation sites (tertiary alicyclic amines) is 1. The lowest BCUT2D eigenvalue weighted by Crippen LogP contribution is -2.36. The van der Waals surface area contributed by atoms with E-state index in [1.165, 1.54) is 32.1 Å². The van der Waals surface area contributed by atoms with Crippen molar-refractivity contribution in [1.29, 1.82) is 0 Å². The Labute approximate surface area is 108 Å². The van der Waals surface area contributed by atoms with E-state index in [0.717, 1.165) is 37.9 Å². The molecule has 1 atom stereocenters. The molecule has 1 unspecified atom stereocenters. The van der Waals surface area contributed by atoms with Gasteiger partial charge in [0.25, 0.3) is 0 Å². The van der Waals surface area contributed by atoms with Crippen molar-refractivity contribution in [1.82, 2.24) is 15.0 Å². The fourth-order valence-corrected chi connectivity index (χ4v) is 2.57. The molecule has 5 nitrogen and oxygen atoms in total. The fraction of sp³-hybridized carbons (Fsp3) is 0.846. The quantitative estimate of drug-likeness (QED) is 0.858. The van der Waals surface area contributed by atoms with Crippen LogP contribution in [0.2, 0.25) is 0 Å². The number of rotatable bonds is 5. The van der Waals surface area contributed by atoms with Crippen LogP contribution in [-0.2, 0) is 6.42 Å². The van der Waals surface area contributed by atoms with Gasteiger partial charge in [-0.15, -0.1) is 0 Å². The molecule has 2 heterocycles. The summed E-state index contributed by atoms with van der Waals surface area (Å²) in [7, 11) is 0. The van der Waals surface area contributed by atoms with E-state index in [9.17, 15) is 0 Å². The second-order valence-electron chi connectivity index (χ2n) is 5.66. The number of hydrogen-bond acceptors (Lipinski definition) is 5. The summed E-state index contributed by atoms with van der Waals surface area (Å²) in [4.78, 5) is 6.83. The first-order chi connectivity index (χ1) is 8.81. The number of nitrogens with zero attached hydrogens (tertiary/aromatic N) is 3. The van der Waals surface area contributed by atoms with Gasteiger partial charge in [0.05, 0.1) is 6.04 Å². The minimum Gasteiger partial charge on any atom is -0.339 e. The van der Waals surface area contributed by atoms with E-state index in [1.807, 2.05) is 0 Å². The molecule has 2 fully saturated rings. The summed E-state index contributed by atoms with van der Waals surface area (Å²) in [5, 5.41) is 4.02. The summed E-state index contributed by atoms with van der Waals surface area (Å²) in [5.74, 6) is 2.22. The Bertz CT molecular complexity index is 382. The minimum absolute atomic E-state index is 0.111. The third kappa shape index (κ3) is 3.09. The van der Waals surface area contributed by atoms with Crippen LogP contribution in [0.5, 0.6) is 0 Å². The molecule has 1 aromatic rings. The lowest BCUT2D eigenvalue weighted by molar-refractivity contribution is 0.213. The zero-order chi connectivity index (χ0) is 12.4. The fourth-order valence-electron chi connectivity index (χ4n) is 2.57. The van der Waals surface area contributed by atoms with Gasteiger partial charge in [0.15, 0.2) is 5.82 Å². The Morgan fingerprint density at radius 2 is 2.06 bits per heavy atom. The van der Waals surface area contributed by atoms with Crippen LogP contribution >= 0.6 is 0 Å². The van der Waals surface area contributed by atoms with Crippen LogP contribution in [0.3, 0.4) is 0 Å². The molecule has 0 bridgehead atoms. The molecule has 1 aliphatic carbocycles. The normalized spacial score (nSPS) is 23.2. The predicted octanol–water partition coefficient (Wildman–Crippen LogP) is 1.51. The van der Waals surface area contributed by atoms with E-state index in [-0.39, 0.29) is 6.04 Å². The van der Waals surface area contributed by atoms with Crippen LogP contribution in [0, 0.1) is 5.92 Å². The standard InChI is InChI=1S/C13H22N4O/c14-11(9-17-6-2-1-3-7-17)13-15-12(18-16-13)8-10-4-5-10/h10-11H,1-9,14H2. The number of hydrogen-bond donors (Lipinski definition) is 1. The molecule has 3 rings (SSSR count). The maximum Gasteiger partial charge on any atom is 0.226 e. The van der Waals surface area contributed by atoms with Crippen LogP contribution < -0.4 is 5.73 Å². The summed E-state index contributed by atoms with van der Waals surface area (Å²) >= 11 is 0. The van der Waals surface area contributed by atoms with Gasteiger partial charge in [0.2, 0.25) is 5.89 Å². The predicted molar refractivity (Wildman–Crippen MR) is 67.9 cm³/mol. The SMILES string of the molecule is NC(CN1CCCCC1)c1noc(CC2CC2)n1. The van der Waals surface area contributed by atoms with Crippen LogP contribution in [0.4, 0.5) is 0 Å². The highest BCUT2D eigenvalue weighted by Crippen LogP contribution is 2.32. The molecule has 18 heavy (non-hydrogen) atoms. The molecule has 100 valence electrons. The first kappa shape index (κ1) is 12.1. The highest BCUT2D eigenvalue weighted by atomic mass is 16.5. The molecule has 0 amide bonds. The van der Waals surface area contributed by atoms with Crippen LogP contribution in [0.15, 0.2) is 4.52 Å². The number of aromatic nitrogens is 2. The summed E-state index contributed by atoms with van der Waals surface area (Å²) in [6.45, 7) is 3.16. The summed E-state index contributed by atoms with van der Waals surface area (Å²) in [6.07, 6.45) is 7.45. The van der Waals surface area contributed by atoms with E-state index < -0.39 is 0 Å². The van der Waals surface area contributed by atoms with Crippen molar-refractivity contribution in [2.24, 2.45) is 11.7 Å². The lowest BCUT2D eigenvalue weighted by Gasteiger charge is -2.27. The zero-order valence-corrected chi connectivity index (χ0v) is 10.8. The second-order valence-corrected chi connectivity index (χ2v) is 5.66. The van der Waals surface area contributed by atoms with Gasteiger partial charge in [-0.3, -0.25) is 0 Å². The molecule has 1 aliphatic heterocycles. The number of nitrogens with two attached hydrogens (primary N) is 1. The molecule has 1 aromatic heterocycles. The molecule has 0 spiro atoms. The summed E-state index contributed by atoms with van der Waals surface area (Å²) in [5.41, 5.74) is 6.16. The topological polar surface area (TPSA) is 68.2 Å². The van der Waals surface area contributed by atoms with Gasteiger partial charge in [0, 0.05) is 13.0 Å². The van der Waals surface area contributed by atoms with E-state index in [2.05, 4.69) is 15.0 Å². The Kier molecular flexibility index (Phi) is 3.61. The third-order valence-corrected chi connectivity index (χ3v) is 3.88. The van der Waals surface area contributed by atoms with Gasteiger partial charge in [0.1, 0.15) is 0 Å². The van der Waals surface area contributed by atoms with E-state index >= 15 is 0 Å². The van der Waals surface area contributed by atoms with Crippen LogP contribution in [0.1, 0.15) is 49.9 Å². The van der Waals surface area contributed by atoms with Crippen molar-refractivity contribution >= 4 is 0 Å². The Morgan fingerprint density at radius 3 is 2.78 bits per heavy atom. The molecule has 2 aliphatic rings. The zero-order valence-electron chi connectivity index (χ0n) is 10.8. The van der Waals surface area contributed by atoms with E-state index in [1.54, 1.807) is 0 Å². The van der Waals surface area contributed by atoms with Crippen molar-refractivity contribution in [2.75, 3.05) is 19.6 Å². The van der Waals surface area contributed by atoms with Gasteiger partial charge < -0.3 is 15.2 Å². The summed E-state index contributed by atoms with van der Waals surface area (Å²) < 4.78 is 5.27. The van der Waals surface area contributed by atoms with Crippen LogP contribution in [-0.4, -0.2) is 34.7 Å². The van der Waals surface area contributed by atoms with Crippen molar-refractivity contribution in [3.05, 3.63) is 11.7 Å². The molecule has 5 heteroatoms. The van der Waals surface area contributed by atoms with E-state index in [4.69, 9.17) is 10.3 Å². The lowest BCUT2D eigenvalue weighted by atomic mass is 10.1. The molecular weight excluding hydrogens is 228 g/mol. The Balaban J connectivity index is 1.53. The maximum atomic E-state index is 6.16. The monoisotopic (exact) mass is 250 g/mol. The summed E-state index contributed by atoms with van der Waals surface area (Å²) in [6, 6.07) is -0.111. The number of piperidine rings is 1. The van der Waals surface area contributed by atoms with Gasteiger partial charge in [-0.05, 0) is 44.7 Å². The first-order valence-corrected chi connectivity index (χ1v) is 7.11. The van der Waals surface area contributed by atoms with Gasteiger partial charge in [-0.1, -0.05) is 11.6 Å². The second kappa shape index (κ2) is 5.36. The Morgan fingerprint density at radius 1 is 1.28 bits per heavy atom. The molecule has 0 aromatic carbocycles. The largest absolute Gasteiger partial charge is 0.339 e. The Hall–Kier alpha value is -0.940. The maximum absolute atomic E-state index is 6.16. The van der Waals surface area contributed by atoms with Gasteiger partial charge >= 0.3 is 0 Å². The van der Waals surface area contributed by atoms with Gasteiger partial charge in [-0.2, -0.15) is 4.98 Å². The van der Waals surface area contributed by atoms with Crippen molar-refractivity contribution in [3.63, 3.8) is 0 Å². The average molecular weight is 250 g/mol. The molecule has 1 saturated carbocycles. The van der Waals surface area contributed by atoms with Crippen molar-refractivity contribution in [2.45, 2.75) is 44.6 Å². The highest BCUT2D eigenvalue weighted by molar-refractivity contribution is 4.96. The third-order valence-electron chi connectivity index (χ3n) is 3.88. The highest BCUT2D eigenvalue weighted by Gasteiger charge is 2.25. The molecular formula is C13H22N4O. The average Bonchev–Trinajstić information content (AvgIpc) is 3.06.